The molecular weight excluding hydrogens is 286 g/mol. The molecule has 0 aromatic heterocycles. The van der Waals surface area contributed by atoms with Crippen molar-refractivity contribution in [3.8, 4) is 0 Å². The summed E-state index contributed by atoms with van der Waals surface area (Å²) in [5.74, 6) is -2.03. The SMILES string of the molecule is CC(C)(C)OC(=O)N[C@H](CO)C(Cc1ccccc1)C(=O)O. The van der Waals surface area contributed by atoms with E-state index >= 15 is 0 Å². The van der Waals surface area contributed by atoms with Gasteiger partial charge in [0.25, 0.3) is 0 Å². The van der Waals surface area contributed by atoms with Crippen LogP contribution in [0.25, 0.3) is 0 Å². The van der Waals surface area contributed by atoms with Gasteiger partial charge in [-0.3, -0.25) is 4.79 Å². The second-order valence-corrected chi connectivity index (χ2v) is 6.07. The monoisotopic (exact) mass is 309 g/mol. The van der Waals surface area contributed by atoms with Crippen molar-refractivity contribution in [2.45, 2.75) is 38.8 Å². The van der Waals surface area contributed by atoms with E-state index in [1.165, 1.54) is 0 Å². The van der Waals surface area contributed by atoms with Gasteiger partial charge in [0.15, 0.2) is 0 Å². The van der Waals surface area contributed by atoms with Crippen molar-refractivity contribution < 1.29 is 24.5 Å². The zero-order valence-electron chi connectivity index (χ0n) is 13.1. The molecule has 1 amide bonds. The van der Waals surface area contributed by atoms with Gasteiger partial charge >= 0.3 is 12.1 Å². The molecule has 0 radical (unpaired) electrons. The van der Waals surface area contributed by atoms with Gasteiger partial charge in [0.1, 0.15) is 5.60 Å². The third kappa shape index (κ3) is 6.13. The lowest BCUT2D eigenvalue weighted by Gasteiger charge is -2.26. The Morgan fingerprint density at radius 2 is 1.82 bits per heavy atom. The number of benzene rings is 1. The summed E-state index contributed by atoms with van der Waals surface area (Å²) < 4.78 is 5.10. The normalized spacial score (nSPS) is 14.0. The van der Waals surface area contributed by atoms with Gasteiger partial charge < -0.3 is 20.3 Å². The summed E-state index contributed by atoms with van der Waals surface area (Å²) in [5.41, 5.74) is 0.127. The number of aliphatic carboxylic acids is 1. The number of carbonyl (C=O) groups excluding carboxylic acids is 1. The van der Waals surface area contributed by atoms with Crippen LogP contribution in [0.5, 0.6) is 0 Å². The van der Waals surface area contributed by atoms with Crippen LogP contribution in [0.4, 0.5) is 4.79 Å². The van der Waals surface area contributed by atoms with Crippen molar-refractivity contribution in [1.82, 2.24) is 5.32 Å². The summed E-state index contributed by atoms with van der Waals surface area (Å²) in [6, 6.07) is 8.14. The Balaban J connectivity index is 2.78. The topological polar surface area (TPSA) is 95.9 Å². The Labute approximate surface area is 130 Å². The molecule has 6 heteroatoms. The molecule has 0 saturated carbocycles. The number of alkyl carbamates (subject to hydrolysis) is 1. The maximum Gasteiger partial charge on any atom is 0.407 e. The molecule has 0 spiro atoms. The average molecular weight is 309 g/mol. The van der Waals surface area contributed by atoms with Gasteiger partial charge in [0.2, 0.25) is 0 Å². The zero-order valence-corrected chi connectivity index (χ0v) is 13.1. The van der Waals surface area contributed by atoms with E-state index in [0.717, 1.165) is 5.56 Å². The molecular formula is C16H23NO5. The number of carboxylic acid groups (broad SMARTS) is 1. The molecule has 122 valence electrons. The Kier molecular flexibility index (Phi) is 6.37. The van der Waals surface area contributed by atoms with E-state index in [1.807, 2.05) is 18.2 Å². The second-order valence-electron chi connectivity index (χ2n) is 6.07. The van der Waals surface area contributed by atoms with Gasteiger partial charge in [-0.2, -0.15) is 0 Å². The molecule has 0 heterocycles. The lowest BCUT2D eigenvalue weighted by molar-refractivity contribution is -0.143. The highest BCUT2D eigenvalue weighted by Gasteiger charge is 2.30. The molecule has 1 aromatic carbocycles. The van der Waals surface area contributed by atoms with Crippen LogP contribution in [0.2, 0.25) is 0 Å². The van der Waals surface area contributed by atoms with E-state index in [-0.39, 0.29) is 6.42 Å². The molecule has 0 aliphatic rings. The predicted octanol–water partition coefficient (Wildman–Crippen LogP) is 1.82. The maximum atomic E-state index is 11.8. The fourth-order valence-corrected chi connectivity index (χ4v) is 2.00. The number of rotatable bonds is 6. The van der Waals surface area contributed by atoms with Crippen LogP contribution in [0, 0.1) is 5.92 Å². The van der Waals surface area contributed by atoms with Crippen LogP contribution in [-0.4, -0.2) is 40.5 Å². The third-order valence-corrected chi connectivity index (χ3v) is 3.00. The Morgan fingerprint density at radius 1 is 1.23 bits per heavy atom. The van der Waals surface area contributed by atoms with Crippen molar-refractivity contribution in [3.63, 3.8) is 0 Å². The molecule has 0 aliphatic heterocycles. The largest absolute Gasteiger partial charge is 0.481 e. The molecule has 2 atom stereocenters. The quantitative estimate of drug-likeness (QED) is 0.745. The summed E-state index contributed by atoms with van der Waals surface area (Å²) in [4.78, 5) is 23.2. The van der Waals surface area contributed by atoms with Crippen LogP contribution in [0.3, 0.4) is 0 Å². The van der Waals surface area contributed by atoms with E-state index in [1.54, 1.807) is 32.9 Å². The summed E-state index contributed by atoms with van der Waals surface area (Å²) in [6.07, 6.45) is -0.539. The van der Waals surface area contributed by atoms with Crippen LogP contribution in [0.1, 0.15) is 26.3 Å². The number of nitrogens with one attached hydrogen (secondary N) is 1. The van der Waals surface area contributed by atoms with Crippen LogP contribution in [0.15, 0.2) is 30.3 Å². The summed E-state index contributed by atoms with van der Waals surface area (Å²) in [7, 11) is 0. The molecule has 3 N–H and O–H groups in total. The van der Waals surface area contributed by atoms with Crippen LogP contribution < -0.4 is 5.32 Å². The number of aliphatic hydroxyl groups excluding tert-OH is 1. The van der Waals surface area contributed by atoms with E-state index in [0.29, 0.717) is 0 Å². The highest BCUT2D eigenvalue weighted by Crippen LogP contribution is 2.14. The maximum absolute atomic E-state index is 11.8. The Morgan fingerprint density at radius 3 is 2.27 bits per heavy atom. The molecule has 1 aromatic rings. The second kappa shape index (κ2) is 7.79. The van der Waals surface area contributed by atoms with Gasteiger partial charge in [-0.15, -0.1) is 0 Å². The molecule has 1 rings (SSSR count). The number of amides is 1. The number of hydrogen-bond acceptors (Lipinski definition) is 4. The highest BCUT2D eigenvalue weighted by atomic mass is 16.6. The van der Waals surface area contributed by atoms with Gasteiger partial charge in [0.05, 0.1) is 18.6 Å². The van der Waals surface area contributed by atoms with E-state index < -0.39 is 36.2 Å². The minimum atomic E-state index is -1.08. The Hall–Kier alpha value is -2.08. The summed E-state index contributed by atoms with van der Waals surface area (Å²) >= 11 is 0. The first kappa shape index (κ1) is 18.0. The van der Waals surface area contributed by atoms with Crippen molar-refractivity contribution in [2.75, 3.05) is 6.61 Å². The van der Waals surface area contributed by atoms with Crippen molar-refractivity contribution in [3.05, 3.63) is 35.9 Å². The lowest BCUT2D eigenvalue weighted by atomic mass is 9.92. The van der Waals surface area contributed by atoms with Crippen molar-refractivity contribution in [1.29, 1.82) is 0 Å². The fraction of sp³-hybridized carbons (Fsp3) is 0.500. The third-order valence-electron chi connectivity index (χ3n) is 3.00. The lowest BCUT2D eigenvalue weighted by Crippen LogP contribution is -2.48. The molecule has 6 nitrogen and oxygen atoms in total. The zero-order chi connectivity index (χ0) is 16.8. The number of carbonyl (C=O) groups is 2. The van der Waals surface area contributed by atoms with E-state index in [4.69, 9.17) is 4.74 Å². The first-order valence-corrected chi connectivity index (χ1v) is 7.10. The first-order valence-electron chi connectivity index (χ1n) is 7.10. The minimum absolute atomic E-state index is 0.206. The molecule has 22 heavy (non-hydrogen) atoms. The standard InChI is InChI=1S/C16H23NO5/c1-16(2,3)22-15(21)17-13(10-18)12(14(19)20)9-11-7-5-4-6-8-11/h4-8,12-13,18H,9-10H2,1-3H3,(H,17,21)(H,19,20)/t12?,13-/m1/s1. The van der Waals surface area contributed by atoms with Crippen LogP contribution in [-0.2, 0) is 16.0 Å². The Bertz CT molecular complexity index is 495. The average Bonchev–Trinajstić information content (AvgIpc) is 2.41. The summed E-state index contributed by atoms with van der Waals surface area (Å²) in [6.45, 7) is 4.64. The summed E-state index contributed by atoms with van der Waals surface area (Å²) in [5, 5.41) is 21.2. The van der Waals surface area contributed by atoms with Gasteiger partial charge in [-0.1, -0.05) is 30.3 Å². The fourth-order valence-electron chi connectivity index (χ4n) is 2.00. The molecule has 0 saturated heterocycles. The highest BCUT2D eigenvalue weighted by molar-refractivity contribution is 5.74. The van der Waals surface area contributed by atoms with Crippen molar-refractivity contribution >= 4 is 12.1 Å². The number of carboxylic acids is 1. The van der Waals surface area contributed by atoms with Gasteiger partial charge in [-0.05, 0) is 32.8 Å². The van der Waals surface area contributed by atoms with E-state index in [9.17, 15) is 19.8 Å². The van der Waals surface area contributed by atoms with Gasteiger partial charge in [0, 0.05) is 0 Å². The first-order chi connectivity index (χ1) is 10.2. The van der Waals surface area contributed by atoms with Gasteiger partial charge in [-0.25, -0.2) is 4.79 Å². The van der Waals surface area contributed by atoms with Crippen molar-refractivity contribution in [2.24, 2.45) is 5.92 Å². The van der Waals surface area contributed by atoms with E-state index in [2.05, 4.69) is 5.32 Å². The minimum Gasteiger partial charge on any atom is -0.481 e. The van der Waals surface area contributed by atoms with Crippen LogP contribution >= 0.6 is 0 Å². The number of aliphatic hydroxyl groups is 1. The molecule has 1 unspecified atom stereocenters. The predicted molar refractivity (Wildman–Crippen MR) is 81.5 cm³/mol. The number of hydrogen-bond donors (Lipinski definition) is 3. The molecule has 0 aliphatic carbocycles. The smallest absolute Gasteiger partial charge is 0.407 e. The molecule has 0 fully saturated rings. The number of ether oxygens (including phenoxy) is 1. The molecule has 0 bridgehead atoms.